The summed E-state index contributed by atoms with van der Waals surface area (Å²) in [6.07, 6.45) is 0. The molecule has 0 aliphatic rings. The van der Waals surface area contributed by atoms with E-state index in [1.54, 1.807) is 12.1 Å². The number of aromatic nitrogens is 3. The highest BCUT2D eigenvalue weighted by molar-refractivity contribution is 9.10. The van der Waals surface area contributed by atoms with Crippen molar-refractivity contribution in [3.8, 4) is 0 Å². The zero-order valence-electron chi connectivity index (χ0n) is 14.7. The fraction of sp³-hybridized carbons (Fsp3) is 0.0588. The molecule has 3 aromatic rings. The maximum absolute atomic E-state index is 12.4. The van der Waals surface area contributed by atoms with Gasteiger partial charge in [0.15, 0.2) is 12.4 Å². The predicted octanol–water partition coefficient (Wildman–Crippen LogP) is 1.96. The van der Waals surface area contributed by atoms with E-state index in [2.05, 4.69) is 35.6 Å². The van der Waals surface area contributed by atoms with Crippen molar-refractivity contribution >= 4 is 49.5 Å². The van der Waals surface area contributed by atoms with E-state index < -0.39 is 16.0 Å². The van der Waals surface area contributed by atoms with Crippen molar-refractivity contribution in [2.75, 3.05) is 16.2 Å². The minimum absolute atomic E-state index is 0.0778. The summed E-state index contributed by atoms with van der Waals surface area (Å²) in [5.74, 6) is -0.691. The highest BCUT2D eigenvalue weighted by Gasteiger charge is 2.15. The van der Waals surface area contributed by atoms with Crippen LogP contribution in [0, 0.1) is 0 Å². The van der Waals surface area contributed by atoms with Crippen LogP contribution in [0.25, 0.3) is 0 Å². The first kappa shape index (κ1) is 20.5. The van der Waals surface area contributed by atoms with Gasteiger partial charge in [0, 0.05) is 10.2 Å². The van der Waals surface area contributed by atoms with Gasteiger partial charge in [-0.2, -0.15) is 15.0 Å². The third-order valence-corrected chi connectivity index (χ3v) is 5.47. The quantitative estimate of drug-likeness (QED) is 0.449. The van der Waals surface area contributed by atoms with Crippen molar-refractivity contribution < 1.29 is 17.9 Å². The molecule has 0 saturated carbocycles. The van der Waals surface area contributed by atoms with E-state index in [1.165, 1.54) is 36.4 Å². The summed E-state index contributed by atoms with van der Waals surface area (Å²) in [6, 6.07) is 12.0. The molecule has 1 heterocycles. The number of anilines is 3. The van der Waals surface area contributed by atoms with Gasteiger partial charge in [-0.05, 0) is 48.5 Å². The van der Waals surface area contributed by atoms with Crippen LogP contribution in [0.1, 0.15) is 16.2 Å². The van der Waals surface area contributed by atoms with Gasteiger partial charge >= 0.3 is 5.97 Å². The Bertz CT molecular complexity index is 1120. The lowest BCUT2D eigenvalue weighted by molar-refractivity contribution is 0.0462. The number of hydrogen-bond donors (Lipinski definition) is 3. The van der Waals surface area contributed by atoms with Crippen LogP contribution in [0.5, 0.6) is 0 Å². The van der Waals surface area contributed by atoms with Gasteiger partial charge in [0.25, 0.3) is 10.0 Å². The molecule has 0 atom stereocenters. The van der Waals surface area contributed by atoms with Gasteiger partial charge in [0.05, 0.1) is 10.5 Å². The lowest BCUT2D eigenvalue weighted by Gasteiger charge is -2.09. The van der Waals surface area contributed by atoms with E-state index in [0.717, 1.165) is 4.47 Å². The molecule has 150 valence electrons. The molecule has 10 nitrogen and oxygen atoms in total. The van der Waals surface area contributed by atoms with E-state index in [-0.39, 0.29) is 34.8 Å². The molecule has 0 bridgehead atoms. The van der Waals surface area contributed by atoms with E-state index in [0.29, 0.717) is 5.69 Å². The minimum Gasteiger partial charge on any atom is -0.454 e. The summed E-state index contributed by atoms with van der Waals surface area (Å²) in [6.45, 7) is -0.242. The number of halogens is 1. The lowest BCUT2D eigenvalue weighted by Crippen LogP contribution is -2.13. The van der Waals surface area contributed by atoms with Crippen LogP contribution in [-0.4, -0.2) is 29.3 Å². The molecule has 29 heavy (non-hydrogen) atoms. The van der Waals surface area contributed by atoms with E-state index in [9.17, 15) is 13.2 Å². The number of rotatable bonds is 6. The average Bonchev–Trinajstić information content (AvgIpc) is 2.66. The Labute approximate surface area is 174 Å². The van der Waals surface area contributed by atoms with Crippen molar-refractivity contribution in [2.24, 2.45) is 0 Å². The molecule has 1 aromatic heterocycles. The van der Waals surface area contributed by atoms with Crippen LogP contribution >= 0.6 is 15.9 Å². The van der Waals surface area contributed by atoms with Crippen molar-refractivity contribution in [1.82, 2.24) is 15.0 Å². The molecule has 0 radical (unpaired) electrons. The van der Waals surface area contributed by atoms with Crippen LogP contribution in [0.2, 0.25) is 0 Å². The van der Waals surface area contributed by atoms with Gasteiger partial charge in [-0.1, -0.05) is 15.9 Å². The van der Waals surface area contributed by atoms with Gasteiger partial charge in [-0.15, -0.1) is 0 Å². The molecule has 12 heteroatoms. The molecule has 0 aliphatic heterocycles. The van der Waals surface area contributed by atoms with Gasteiger partial charge in [-0.25, -0.2) is 13.2 Å². The van der Waals surface area contributed by atoms with Gasteiger partial charge in [0.2, 0.25) is 11.9 Å². The van der Waals surface area contributed by atoms with E-state index >= 15 is 0 Å². The van der Waals surface area contributed by atoms with Crippen LogP contribution in [-0.2, 0) is 21.4 Å². The highest BCUT2D eigenvalue weighted by Crippen LogP contribution is 2.19. The molecule has 5 N–H and O–H groups in total. The number of nitrogens with zero attached hydrogens (tertiary/aromatic N) is 3. The largest absolute Gasteiger partial charge is 0.454 e. The smallest absolute Gasteiger partial charge is 0.338 e. The summed E-state index contributed by atoms with van der Waals surface area (Å²) < 4.78 is 33.1. The molecule has 0 unspecified atom stereocenters. The second-order valence-corrected chi connectivity index (χ2v) is 8.28. The Balaban J connectivity index is 1.64. The van der Waals surface area contributed by atoms with Crippen LogP contribution in [0.3, 0.4) is 0 Å². The van der Waals surface area contributed by atoms with Crippen molar-refractivity contribution in [3.63, 3.8) is 0 Å². The number of nitrogen functional groups attached to an aromatic ring is 2. The molecule has 2 aromatic carbocycles. The topological polar surface area (TPSA) is 163 Å². The molecule has 3 rings (SSSR count). The molecule has 0 spiro atoms. The fourth-order valence-electron chi connectivity index (χ4n) is 2.24. The first-order valence-corrected chi connectivity index (χ1v) is 10.3. The summed E-state index contributed by atoms with van der Waals surface area (Å²) in [4.78, 5) is 23.5. The van der Waals surface area contributed by atoms with E-state index in [4.69, 9.17) is 16.2 Å². The van der Waals surface area contributed by atoms with Crippen molar-refractivity contribution in [1.29, 1.82) is 0 Å². The molecular formula is C17H15BrN6O4S. The summed E-state index contributed by atoms with van der Waals surface area (Å²) in [5, 5.41) is 0. The number of sulfonamides is 1. The molecule has 0 amide bonds. The van der Waals surface area contributed by atoms with Crippen LogP contribution in [0.15, 0.2) is 57.9 Å². The Morgan fingerprint density at radius 2 is 1.55 bits per heavy atom. The Morgan fingerprint density at radius 1 is 0.966 bits per heavy atom. The number of benzene rings is 2. The third-order valence-electron chi connectivity index (χ3n) is 3.55. The highest BCUT2D eigenvalue weighted by atomic mass is 79.9. The summed E-state index contributed by atoms with van der Waals surface area (Å²) in [5.41, 5.74) is 11.4. The molecule has 0 fully saturated rings. The van der Waals surface area contributed by atoms with Gasteiger partial charge in [-0.3, -0.25) is 4.72 Å². The van der Waals surface area contributed by atoms with Crippen molar-refractivity contribution in [3.05, 3.63) is 64.4 Å². The predicted molar refractivity (Wildman–Crippen MR) is 109 cm³/mol. The standard InChI is InChI=1S/C17H15BrN6O4S/c18-11-3-7-13(8-4-11)29(26,27)24-12-5-1-10(2-6-12)15(25)28-9-14-21-16(19)23-17(20)22-14/h1-8,24H,9H2,(H4,19,20,21,22,23). The zero-order chi connectivity index (χ0) is 21.0. The number of ether oxygens (including phenoxy) is 1. The van der Waals surface area contributed by atoms with Crippen molar-refractivity contribution in [2.45, 2.75) is 11.5 Å². The zero-order valence-corrected chi connectivity index (χ0v) is 17.1. The number of nitrogens with two attached hydrogens (primary N) is 2. The van der Waals surface area contributed by atoms with Crippen LogP contribution in [0.4, 0.5) is 17.6 Å². The van der Waals surface area contributed by atoms with E-state index in [1.807, 2.05) is 0 Å². The third kappa shape index (κ3) is 5.39. The first-order valence-electron chi connectivity index (χ1n) is 8.04. The first-order chi connectivity index (χ1) is 13.7. The maximum atomic E-state index is 12.4. The monoisotopic (exact) mass is 478 g/mol. The number of carbonyl (C=O) groups is 1. The fourth-order valence-corrected chi connectivity index (χ4v) is 3.56. The molecular weight excluding hydrogens is 464 g/mol. The normalized spacial score (nSPS) is 11.1. The average molecular weight is 479 g/mol. The summed E-state index contributed by atoms with van der Waals surface area (Å²) in [7, 11) is -3.75. The van der Waals surface area contributed by atoms with Gasteiger partial charge in [0.1, 0.15) is 0 Å². The number of esters is 1. The lowest BCUT2D eigenvalue weighted by atomic mass is 10.2. The Morgan fingerprint density at radius 3 is 2.14 bits per heavy atom. The maximum Gasteiger partial charge on any atom is 0.338 e. The number of nitrogens with one attached hydrogen (secondary N) is 1. The second kappa shape index (κ2) is 8.41. The molecule has 0 aliphatic carbocycles. The summed E-state index contributed by atoms with van der Waals surface area (Å²) >= 11 is 3.25. The molecule has 0 saturated heterocycles. The second-order valence-electron chi connectivity index (χ2n) is 5.68. The number of carbonyl (C=O) groups excluding carboxylic acids is 1. The Kier molecular flexibility index (Phi) is 5.94. The minimum atomic E-state index is -3.75. The van der Waals surface area contributed by atoms with Gasteiger partial charge < -0.3 is 16.2 Å². The Hall–Kier alpha value is -3.25. The van der Waals surface area contributed by atoms with Crippen LogP contribution < -0.4 is 16.2 Å². The number of hydrogen-bond acceptors (Lipinski definition) is 9. The SMILES string of the molecule is Nc1nc(N)nc(COC(=O)c2ccc(NS(=O)(=O)c3ccc(Br)cc3)cc2)n1.